The number of aryl methyl sites for hydroxylation is 2. The Labute approximate surface area is 154 Å². The molecule has 1 aromatic heterocycles. The SMILES string of the molecule is CCn1c(C)cc(C(=O)OCC(=O)NCCOc2cccc(C)c2)c1C. The molecule has 0 aliphatic heterocycles. The maximum atomic E-state index is 12.2. The normalized spacial score (nSPS) is 10.5. The van der Waals surface area contributed by atoms with E-state index in [0.717, 1.165) is 29.2 Å². The summed E-state index contributed by atoms with van der Waals surface area (Å²) in [5.74, 6) is -0.0728. The average molecular weight is 358 g/mol. The minimum absolute atomic E-state index is 0.306. The van der Waals surface area contributed by atoms with E-state index in [2.05, 4.69) is 5.32 Å². The first-order valence-electron chi connectivity index (χ1n) is 8.72. The Kier molecular flexibility index (Phi) is 6.83. The molecule has 0 atom stereocenters. The number of aromatic nitrogens is 1. The van der Waals surface area contributed by atoms with Crippen molar-refractivity contribution < 1.29 is 19.1 Å². The second kappa shape index (κ2) is 9.08. The van der Waals surface area contributed by atoms with Crippen LogP contribution in [0.2, 0.25) is 0 Å². The van der Waals surface area contributed by atoms with Crippen molar-refractivity contribution in [1.82, 2.24) is 9.88 Å². The summed E-state index contributed by atoms with van der Waals surface area (Å²) >= 11 is 0. The molecule has 0 bridgehead atoms. The topological polar surface area (TPSA) is 69.6 Å². The lowest BCUT2D eigenvalue weighted by Gasteiger charge is -2.09. The van der Waals surface area contributed by atoms with E-state index < -0.39 is 5.97 Å². The number of benzene rings is 1. The van der Waals surface area contributed by atoms with Gasteiger partial charge in [0.25, 0.3) is 5.91 Å². The third-order valence-corrected chi connectivity index (χ3v) is 4.13. The van der Waals surface area contributed by atoms with E-state index in [-0.39, 0.29) is 12.5 Å². The molecule has 26 heavy (non-hydrogen) atoms. The van der Waals surface area contributed by atoms with Gasteiger partial charge in [0.05, 0.1) is 12.1 Å². The van der Waals surface area contributed by atoms with Crippen molar-refractivity contribution in [3.05, 3.63) is 52.8 Å². The standard InChI is InChI=1S/C20H26N2O4/c1-5-22-15(3)12-18(16(22)4)20(24)26-13-19(23)21-9-10-25-17-8-6-7-14(2)11-17/h6-8,11-12H,5,9-10,13H2,1-4H3,(H,21,23). The van der Waals surface area contributed by atoms with Crippen LogP contribution >= 0.6 is 0 Å². The summed E-state index contributed by atoms with van der Waals surface area (Å²) in [6, 6.07) is 9.48. The number of amides is 1. The smallest absolute Gasteiger partial charge is 0.340 e. The minimum Gasteiger partial charge on any atom is -0.492 e. The van der Waals surface area contributed by atoms with Crippen LogP contribution in [0.5, 0.6) is 5.75 Å². The first-order valence-corrected chi connectivity index (χ1v) is 8.72. The fraction of sp³-hybridized carbons (Fsp3) is 0.400. The Bertz CT molecular complexity index is 780. The van der Waals surface area contributed by atoms with Crippen molar-refractivity contribution in [2.45, 2.75) is 34.2 Å². The average Bonchev–Trinajstić information content (AvgIpc) is 2.90. The molecule has 0 radical (unpaired) electrons. The molecule has 1 aromatic carbocycles. The van der Waals surface area contributed by atoms with Gasteiger partial charge < -0.3 is 19.4 Å². The first kappa shape index (κ1) is 19.6. The van der Waals surface area contributed by atoms with E-state index in [1.165, 1.54) is 0 Å². The molecule has 0 fully saturated rings. The van der Waals surface area contributed by atoms with Gasteiger partial charge in [0.2, 0.25) is 0 Å². The molecule has 0 aliphatic rings. The Hall–Kier alpha value is -2.76. The summed E-state index contributed by atoms with van der Waals surface area (Å²) in [6.07, 6.45) is 0. The van der Waals surface area contributed by atoms with Gasteiger partial charge in [-0.2, -0.15) is 0 Å². The predicted octanol–water partition coefficient (Wildman–Crippen LogP) is 2.79. The summed E-state index contributed by atoms with van der Waals surface area (Å²) in [6.45, 7) is 8.98. The number of carbonyl (C=O) groups excluding carboxylic acids is 2. The molecule has 0 saturated heterocycles. The van der Waals surface area contributed by atoms with Gasteiger partial charge in [-0.25, -0.2) is 4.79 Å². The molecule has 0 aliphatic carbocycles. The minimum atomic E-state index is -0.482. The molecule has 1 N–H and O–H groups in total. The van der Waals surface area contributed by atoms with Gasteiger partial charge in [-0.05, 0) is 51.5 Å². The number of rotatable bonds is 8. The molecule has 6 nitrogen and oxygen atoms in total. The van der Waals surface area contributed by atoms with E-state index in [4.69, 9.17) is 9.47 Å². The van der Waals surface area contributed by atoms with Crippen molar-refractivity contribution in [3.63, 3.8) is 0 Å². The summed E-state index contributed by atoms with van der Waals surface area (Å²) in [7, 11) is 0. The van der Waals surface area contributed by atoms with E-state index in [1.807, 2.05) is 56.5 Å². The zero-order chi connectivity index (χ0) is 19.1. The molecule has 140 valence electrons. The summed E-state index contributed by atoms with van der Waals surface area (Å²) in [5, 5.41) is 2.67. The van der Waals surface area contributed by atoms with Crippen LogP contribution in [0.1, 0.15) is 34.2 Å². The van der Waals surface area contributed by atoms with Crippen molar-refractivity contribution >= 4 is 11.9 Å². The van der Waals surface area contributed by atoms with Crippen LogP contribution in [0.4, 0.5) is 0 Å². The third kappa shape index (κ3) is 5.12. The Morgan fingerprint density at radius 2 is 1.92 bits per heavy atom. The quantitative estimate of drug-likeness (QED) is 0.582. The largest absolute Gasteiger partial charge is 0.492 e. The molecule has 0 saturated carbocycles. The second-order valence-corrected chi connectivity index (χ2v) is 6.12. The Morgan fingerprint density at radius 1 is 1.15 bits per heavy atom. The van der Waals surface area contributed by atoms with Crippen LogP contribution in [0, 0.1) is 20.8 Å². The fourth-order valence-electron chi connectivity index (χ4n) is 2.82. The van der Waals surface area contributed by atoms with Crippen molar-refractivity contribution in [2.24, 2.45) is 0 Å². The highest BCUT2D eigenvalue weighted by Gasteiger charge is 2.17. The van der Waals surface area contributed by atoms with Gasteiger partial charge in [-0.3, -0.25) is 4.79 Å². The van der Waals surface area contributed by atoms with Crippen LogP contribution in [-0.2, 0) is 16.1 Å². The molecular weight excluding hydrogens is 332 g/mol. The number of nitrogens with zero attached hydrogens (tertiary/aromatic N) is 1. The Morgan fingerprint density at radius 3 is 2.58 bits per heavy atom. The first-order chi connectivity index (χ1) is 12.4. The zero-order valence-corrected chi connectivity index (χ0v) is 15.8. The van der Waals surface area contributed by atoms with Gasteiger partial charge >= 0.3 is 5.97 Å². The highest BCUT2D eigenvalue weighted by atomic mass is 16.5. The summed E-state index contributed by atoms with van der Waals surface area (Å²) < 4.78 is 12.7. The van der Waals surface area contributed by atoms with Crippen molar-refractivity contribution in [2.75, 3.05) is 19.8 Å². The zero-order valence-electron chi connectivity index (χ0n) is 15.8. The number of carbonyl (C=O) groups is 2. The van der Waals surface area contributed by atoms with E-state index in [0.29, 0.717) is 18.7 Å². The predicted molar refractivity (Wildman–Crippen MR) is 99.5 cm³/mol. The fourth-order valence-corrected chi connectivity index (χ4v) is 2.82. The van der Waals surface area contributed by atoms with E-state index in [1.54, 1.807) is 6.07 Å². The molecule has 1 heterocycles. The molecule has 0 unspecified atom stereocenters. The van der Waals surface area contributed by atoms with Crippen LogP contribution in [0.3, 0.4) is 0 Å². The number of hydrogen-bond donors (Lipinski definition) is 1. The van der Waals surface area contributed by atoms with Crippen LogP contribution in [0.25, 0.3) is 0 Å². The number of nitrogens with one attached hydrogen (secondary N) is 1. The van der Waals surface area contributed by atoms with E-state index in [9.17, 15) is 9.59 Å². The van der Waals surface area contributed by atoms with Gasteiger partial charge in [0, 0.05) is 17.9 Å². The van der Waals surface area contributed by atoms with E-state index >= 15 is 0 Å². The highest BCUT2D eigenvalue weighted by molar-refractivity contribution is 5.92. The lowest BCUT2D eigenvalue weighted by atomic mass is 10.2. The van der Waals surface area contributed by atoms with Crippen molar-refractivity contribution in [1.29, 1.82) is 0 Å². The number of ether oxygens (including phenoxy) is 2. The van der Waals surface area contributed by atoms with Gasteiger partial charge in [-0.15, -0.1) is 0 Å². The van der Waals surface area contributed by atoms with Gasteiger partial charge in [0.1, 0.15) is 12.4 Å². The lowest BCUT2D eigenvalue weighted by molar-refractivity contribution is -0.124. The third-order valence-electron chi connectivity index (χ3n) is 4.13. The summed E-state index contributed by atoms with van der Waals surface area (Å²) in [5.41, 5.74) is 3.46. The molecule has 0 spiro atoms. The monoisotopic (exact) mass is 358 g/mol. The Balaban J connectivity index is 1.72. The van der Waals surface area contributed by atoms with Crippen molar-refractivity contribution in [3.8, 4) is 5.75 Å². The lowest BCUT2D eigenvalue weighted by Crippen LogP contribution is -2.32. The molecule has 1 amide bonds. The highest BCUT2D eigenvalue weighted by Crippen LogP contribution is 2.16. The maximum absolute atomic E-state index is 12.2. The van der Waals surface area contributed by atoms with Gasteiger partial charge in [-0.1, -0.05) is 12.1 Å². The molecule has 6 heteroatoms. The number of esters is 1. The molecule has 2 rings (SSSR count). The van der Waals surface area contributed by atoms with Crippen LogP contribution in [-0.4, -0.2) is 36.2 Å². The van der Waals surface area contributed by atoms with Crippen LogP contribution in [0.15, 0.2) is 30.3 Å². The van der Waals surface area contributed by atoms with Crippen LogP contribution < -0.4 is 10.1 Å². The number of hydrogen-bond acceptors (Lipinski definition) is 4. The molecule has 2 aromatic rings. The second-order valence-electron chi connectivity index (χ2n) is 6.12. The maximum Gasteiger partial charge on any atom is 0.340 e. The summed E-state index contributed by atoms with van der Waals surface area (Å²) in [4.78, 5) is 24.0. The molecular formula is C20H26N2O4. The van der Waals surface area contributed by atoms with Gasteiger partial charge in [0.15, 0.2) is 6.61 Å².